The number of aromatic nitrogens is 1. The fraction of sp³-hybridized carbons (Fsp3) is 0.308. The van der Waals surface area contributed by atoms with E-state index in [0.717, 1.165) is 4.47 Å². The number of morpholine rings is 1. The first-order chi connectivity index (χ1) is 9.70. The lowest BCUT2D eigenvalue weighted by Crippen LogP contribution is -2.41. The van der Waals surface area contributed by atoms with E-state index in [1.807, 2.05) is 12.1 Å². The summed E-state index contributed by atoms with van der Waals surface area (Å²) in [6.45, 7) is 2.03. The number of nitrogens with zero attached hydrogens (tertiary/aromatic N) is 3. The molecule has 0 bridgehead atoms. The Labute approximate surface area is 125 Å². The van der Waals surface area contributed by atoms with Gasteiger partial charge in [-0.3, -0.25) is 4.79 Å². The Kier molecular flexibility index (Phi) is 5.09. The minimum absolute atomic E-state index is 0.0524. The maximum absolute atomic E-state index is 12.1. The summed E-state index contributed by atoms with van der Waals surface area (Å²) in [4.78, 5) is 17.8. The fourth-order valence-electron chi connectivity index (χ4n) is 1.69. The Morgan fingerprint density at radius 3 is 2.85 bits per heavy atom. The van der Waals surface area contributed by atoms with E-state index in [1.54, 1.807) is 17.2 Å². The Hall–Kier alpha value is -1.91. The molecule has 104 valence electrons. The molecule has 1 saturated heterocycles. The smallest absolute Gasteiger partial charge is 0.266 e. The van der Waals surface area contributed by atoms with Crippen LogP contribution in [0.2, 0.25) is 0 Å². The molecule has 0 unspecified atom stereocenters. The van der Waals surface area contributed by atoms with Crippen LogP contribution in [0.3, 0.4) is 0 Å². The maximum Gasteiger partial charge on any atom is 0.266 e. The first-order valence-corrected chi connectivity index (χ1v) is 6.85. The van der Waals surface area contributed by atoms with Crippen molar-refractivity contribution in [1.82, 2.24) is 9.88 Å². The SMILES string of the molecule is N#C/C(=C/Nc1ccc(Br)cn1)C(=O)N1CCOCC1. The van der Waals surface area contributed by atoms with Crippen LogP contribution < -0.4 is 5.32 Å². The van der Waals surface area contributed by atoms with Gasteiger partial charge >= 0.3 is 0 Å². The molecule has 1 amide bonds. The van der Waals surface area contributed by atoms with Gasteiger partial charge in [0, 0.05) is 30.0 Å². The lowest BCUT2D eigenvalue weighted by atomic mass is 10.2. The average Bonchev–Trinajstić information content (AvgIpc) is 2.50. The number of rotatable bonds is 3. The lowest BCUT2D eigenvalue weighted by Gasteiger charge is -2.26. The molecule has 1 aromatic heterocycles. The summed E-state index contributed by atoms with van der Waals surface area (Å²) in [6.07, 6.45) is 3.01. The van der Waals surface area contributed by atoms with Crippen molar-refractivity contribution in [3.63, 3.8) is 0 Å². The maximum atomic E-state index is 12.1. The van der Waals surface area contributed by atoms with Crippen molar-refractivity contribution < 1.29 is 9.53 Å². The molecule has 6 nitrogen and oxygen atoms in total. The number of nitrogens with one attached hydrogen (secondary N) is 1. The molecule has 0 aromatic carbocycles. The number of anilines is 1. The normalized spacial score (nSPS) is 15.6. The Balaban J connectivity index is 2.03. The first-order valence-electron chi connectivity index (χ1n) is 6.06. The molecular formula is C13H13BrN4O2. The number of halogens is 1. The summed E-state index contributed by atoms with van der Waals surface area (Å²) in [5.74, 6) is 0.274. The van der Waals surface area contributed by atoms with Crippen LogP contribution in [-0.4, -0.2) is 42.1 Å². The van der Waals surface area contributed by atoms with Crippen LogP contribution >= 0.6 is 15.9 Å². The summed E-state index contributed by atoms with van der Waals surface area (Å²) in [5.41, 5.74) is 0.0524. The van der Waals surface area contributed by atoms with Crippen molar-refractivity contribution in [2.24, 2.45) is 0 Å². The number of carbonyl (C=O) groups is 1. The number of hydrogen-bond donors (Lipinski definition) is 1. The highest BCUT2D eigenvalue weighted by molar-refractivity contribution is 9.10. The third-order valence-electron chi connectivity index (χ3n) is 2.74. The molecule has 1 aliphatic heterocycles. The van der Waals surface area contributed by atoms with Gasteiger partial charge in [0.15, 0.2) is 0 Å². The van der Waals surface area contributed by atoms with Crippen molar-refractivity contribution >= 4 is 27.7 Å². The zero-order valence-corrected chi connectivity index (χ0v) is 12.3. The first kappa shape index (κ1) is 14.5. The summed E-state index contributed by atoms with van der Waals surface area (Å²) < 4.78 is 6.04. The third-order valence-corrected chi connectivity index (χ3v) is 3.21. The molecule has 0 radical (unpaired) electrons. The molecular weight excluding hydrogens is 324 g/mol. The largest absolute Gasteiger partial charge is 0.378 e. The van der Waals surface area contributed by atoms with Crippen molar-refractivity contribution in [3.8, 4) is 6.07 Å². The van der Waals surface area contributed by atoms with Gasteiger partial charge in [-0.25, -0.2) is 4.98 Å². The molecule has 1 N–H and O–H groups in total. The number of nitriles is 1. The van der Waals surface area contributed by atoms with Gasteiger partial charge in [0.25, 0.3) is 5.91 Å². The van der Waals surface area contributed by atoms with E-state index < -0.39 is 0 Å². The van der Waals surface area contributed by atoms with Gasteiger partial charge in [0.05, 0.1) is 13.2 Å². The van der Waals surface area contributed by atoms with Crippen LogP contribution in [0.15, 0.2) is 34.6 Å². The number of hydrogen-bond acceptors (Lipinski definition) is 5. The average molecular weight is 337 g/mol. The van der Waals surface area contributed by atoms with E-state index in [1.165, 1.54) is 6.20 Å². The molecule has 20 heavy (non-hydrogen) atoms. The van der Waals surface area contributed by atoms with Crippen LogP contribution in [0.25, 0.3) is 0 Å². The molecule has 2 rings (SSSR count). The number of pyridine rings is 1. The molecule has 2 heterocycles. The van der Waals surface area contributed by atoms with E-state index in [2.05, 4.69) is 26.2 Å². The highest BCUT2D eigenvalue weighted by Crippen LogP contribution is 2.11. The lowest BCUT2D eigenvalue weighted by molar-refractivity contribution is -0.130. The third kappa shape index (κ3) is 3.79. The van der Waals surface area contributed by atoms with Gasteiger partial charge in [-0.05, 0) is 28.1 Å². The van der Waals surface area contributed by atoms with E-state index >= 15 is 0 Å². The molecule has 0 spiro atoms. The van der Waals surface area contributed by atoms with Crippen LogP contribution in [0, 0.1) is 11.3 Å². The van der Waals surface area contributed by atoms with Gasteiger partial charge in [-0.15, -0.1) is 0 Å². The van der Waals surface area contributed by atoms with Gasteiger partial charge in [-0.2, -0.15) is 5.26 Å². The Morgan fingerprint density at radius 1 is 1.50 bits per heavy atom. The van der Waals surface area contributed by atoms with Crippen molar-refractivity contribution in [2.45, 2.75) is 0 Å². The zero-order valence-electron chi connectivity index (χ0n) is 10.7. The predicted molar refractivity (Wildman–Crippen MR) is 76.7 cm³/mol. The molecule has 7 heteroatoms. The quantitative estimate of drug-likeness (QED) is 0.668. The number of ether oxygens (including phenoxy) is 1. The van der Waals surface area contributed by atoms with Gasteiger partial charge in [0.1, 0.15) is 17.5 Å². The van der Waals surface area contributed by atoms with Crippen LogP contribution in [0.1, 0.15) is 0 Å². The topological polar surface area (TPSA) is 78.2 Å². The zero-order chi connectivity index (χ0) is 14.4. The summed E-state index contributed by atoms with van der Waals surface area (Å²) >= 11 is 3.28. The Bertz CT molecular complexity index is 544. The van der Waals surface area contributed by atoms with E-state index in [-0.39, 0.29) is 11.5 Å². The second-order valence-electron chi connectivity index (χ2n) is 4.08. The molecule has 0 atom stereocenters. The minimum atomic E-state index is -0.291. The van der Waals surface area contributed by atoms with Gasteiger partial charge in [-0.1, -0.05) is 0 Å². The highest BCUT2D eigenvalue weighted by atomic mass is 79.9. The summed E-state index contributed by atoms with van der Waals surface area (Å²) in [6, 6.07) is 5.47. The second kappa shape index (κ2) is 7.03. The number of carbonyl (C=O) groups excluding carboxylic acids is 1. The fourth-order valence-corrected chi connectivity index (χ4v) is 1.92. The summed E-state index contributed by atoms with van der Waals surface area (Å²) in [5, 5.41) is 11.9. The predicted octanol–water partition coefficient (Wildman–Crippen LogP) is 1.52. The molecule has 1 aliphatic rings. The molecule has 1 fully saturated rings. The standard InChI is InChI=1S/C13H13BrN4O2/c14-11-1-2-12(17-9-11)16-8-10(7-15)13(19)18-3-5-20-6-4-18/h1-2,8-9H,3-6H2,(H,16,17)/b10-8-. The van der Waals surface area contributed by atoms with E-state index in [4.69, 9.17) is 10.00 Å². The summed E-state index contributed by atoms with van der Waals surface area (Å²) in [7, 11) is 0. The van der Waals surface area contributed by atoms with Crippen LogP contribution in [0.5, 0.6) is 0 Å². The molecule has 0 aliphatic carbocycles. The molecule has 0 saturated carbocycles. The number of amides is 1. The van der Waals surface area contributed by atoms with E-state index in [0.29, 0.717) is 32.1 Å². The highest BCUT2D eigenvalue weighted by Gasteiger charge is 2.20. The van der Waals surface area contributed by atoms with Crippen LogP contribution in [0.4, 0.5) is 5.82 Å². The van der Waals surface area contributed by atoms with Gasteiger partial charge in [0.2, 0.25) is 0 Å². The minimum Gasteiger partial charge on any atom is -0.378 e. The second-order valence-corrected chi connectivity index (χ2v) is 5.00. The van der Waals surface area contributed by atoms with Crippen LogP contribution in [-0.2, 0) is 9.53 Å². The van der Waals surface area contributed by atoms with Crippen molar-refractivity contribution in [3.05, 3.63) is 34.6 Å². The monoisotopic (exact) mass is 336 g/mol. The van der Waals surface area contributed by atoms with Crippen molar-refractivity contribution in [2.75, 3.05) is 31.6 Å². The van der Waals surface area contributed by atoms with Gasteiger partial charge < -0.3 is 15.0 Å². The molecule has 1 aromatic rings. The Morgan fingerprint density at radius 2 is 2.25 bits per heavy atom. The van der Waals surface area contributed by atoms with Crippen molar-refractivity contribution in [1.29, 1.82) is 5.26 Å². The van der Waals surface area contributed by atoms with E-state index in [9.17, 15) is 4.79 Å².